The van der Waals surface area contributed by atoms with Crippen LogP contribution in [0.15, 0.2) is 60.7 Å². The normalized spacial score (nSPS) is 16.3. The fourth-order valence-corrected chi connectivity index (χ4v) is 5.56. The fraction of sp³-hybridized carbons (Fsp3) is 0.312. The third-order valence-corrected chi connectivity index (χ3v) is 8.16. The maximum atomic E-state index is 13.1. The molecule has 10 nitrogen and oxygen atoms in total. The standard InChI is InChI=1S/C32H36N6O4/c1-35-13-17-37(18-14-35)31(41)23-7-3-21(4-8-23)27-25(29(33)39)11-12-26(30(34)40)28(27)22-5-9-24(10-6-22)32(42)38-19-15-36(2)16-20-38/h3-12H,13-20H2,1-2H3,(H2,33,39)(H2,34,40). The molecule has 0 radical (unpaired) electrons. The summed E-state index contributed by atoms with van der Waals surface area (Å²) in [7, 11) is 4.06. The first kappa shape index (κ1) is 29.0. The van der Waals surface area contributed by atoms with Crippen molar-refractivity contribution in [3.8, 4) is 22.3 Å². The zero-order chi connectivity index (χ0) is 30.0. The van der Waals surface area contributed by atoms with E-state index in [0.717, 1.165) is 26.2 Å². The minimum absolute atomic E-state index is 0.0588. The van der Waals surface area contributed by atoms with Crippen molar-refractivity contribution >= 4 is 23.6 Å². The van der Waals surface area contributed by atoms with Gasteiger partial charge < -0.3 is 31.1 Å². The number of hydrogen-bond donors (Lipinski definition) is 2. The Morgan fingerprint density at radius 1 is 0.500 bits per heavy atom. The SMILES string of the molecule is CN1CCN(C(=O)c2ccc(-c3c(C(N)=O)ccc(C(N)=O)c3-c3ccc(C(=O)N4CCN(C)CC4)cc3)cc2)CC1. The Hall–Kier alpha value is -4.54. The van der Waals surface area contributed by atoms with E-state index in [9.17, 15) is 19.2 Å². The van der Waals surface area contributed by atoms with Gasteiger partial charge in [0.2, 0.25) is 11.8 Å². The smallest absolute Gasteiger partial charge is 0.253 e. The van der Waals surface area contributed by atoms with Crippen molar-refractivity contribution in [1.82, 2.24) is 19.6 Å². The second-order valence-electron chi connectivity index (χ2n) is 11.0. The van der Waals surface area contributed by atoms with Crippen molar-refractivity contribution in [2.24, 2.45) is 11.5 Å². The van der Waals surface area contributed by atoms with E-state index in [1.807, 2.05) is 23.9 Å². The van der Waals surface area contributed by atoms with E-state index in [0.29, 0.717) is 59.6 Å². The average molecular weight is 569 g/mol. The molecule has 2 saturated heterocycles. The number of hydrogen-bond acceptors (Lipinski definition) is 6. The van der Waals surface area contributed by atoms with Crippen LogP contribution in [0.1, 0.15) is 41.4 Å². The summed E-state index contributed by atoms with van der Waals surface area (Å²) in [6.07, 6.45) is 0. The van der Waals surface area contributed by atoms with Gasteiger partial charge in [0.05, 0.1) is 0 Å². The number of benzene rings is 3. The molecular formula is C32H36N6O4. The summed E-state index contributed by atoms with van der Waals surface area (Å²) < 4.78 is 0. The van der Waals surface area contributed by atoms with Crippen LogP contribution in [0.25, 0.3) is 22.3 Å². The van der Waals surface area contributed by atoms with Crippen molar-refractivity contribution < 1.29 is 19.2 Å². The lowest BCUT2D eigenvalue weighted by molar-refractivity contribution is 0.0657. The highest BCUT2D eigenvalue weighted by Gasteiger charge is 2.25. The molecule has 2 fully saturated rings. The van der Waals surface area contributed by atoms with Crippen LogP contribution >= 0.6 is 0 Å². The van der Waals surface area contributed by atoms with Gasteiger partial charge in [0.1, 0.15) is 0 Å². The van der Waals surface area contributed by atoms with Crippen LogP contribution in [0.2, 0.25) is 0 Å². The van der Waals surface area contributed by atoms with Gasteiger partial charge in [-0.1, -0.05) is 24.3 Å². The first-order valence-corrected chi connectivity index (χ1v) is 14.1. The summed E-state index contributed by atoms with van der Waals surface area (Å²) >= 11 is 0. The van der Waals surface area contributed by atoms with E-state index in [-0.39, 0.29) is 22.9 Å². The molecule has 0 aromatic heterocycles. The van der Waals surface area contributed by atoms with Gasteiger partial charge in [0, 0.05) is 85.7 Å². The largest absolute Gasteiger partial charge is 0.366 e. The van der Waals surface area contributed by atoms with Gasteiger partial charge >= 0.3 is 0 Å². The molecule has 0 aliphatic carbocycles. The van der Waals surface area contributed by atoms with E-state index in [1.165, 1.54) is 12.1 Å². The molecule has 2 aliphatic rings. The molecular weight excluding hydrogens is 532 g/mol. The van der Waals surface area contributed by atoms with Crippen molar-refractivity contribution in [3.63, 3.8) is 0 Å². The fourth-order valence-electron chi connectivity index (χ4n) is 5.56. The maximum absolute atomic E-state index is 13.1. The number of rotatable bonds is 6. The third-order valence-electron chi connectivity index (χ3n) is 8.16. The van der Waals surface area contributed by atoms with Gasteiger partial charge in [0.25, 0.3) is 11.8 Å². The molecule has 0 saturated carbocycles. The molecule has 0 spiro atoms. The van der Waals surface area contributed by atoms with Crippen LogP contribution in [0.5, 0.6) is 0 Å². The van der Waals surface area contributed by atoms with Crippen LogP contribution in [-0.4, -0.2) is 110 Å². The summed E-state index contributed by atoms with van der Waals surface area (Å²) in [6, 6.07) is 16.9. The first-order chi connectivity index (χ1) is 20.1. The molecule has 0 bridgehead atoms. The third kappa shape index (κ3) is 5.90. The number of amides is 4. The number of nitrogens with zero attached hydrogens (tertiary/aromatic N) is 4. The summed E-state index contributed by atoms with van der Waals surface area (Å²) in [5.41, 5.74) is 15.2. The van der Waals surface area contributed by atoms with E-state index in [4.69, 9.17) is 11.5 Å². The minimum atomic E-state index is -0.665. The van der Waals surface area contributed by atoms with Crippen LogP contribution in [-0.2, 0) is 0 Å². The lowest BCUT2D eigenvalue weighted by Crippen LogP contribution is -2.47. The van der Waals surface area contributed by atoms with Crippen LogP contribution in [0, 0.1) is 0 Å². The number of nitrogens with two attached hydrogens (primary N) is 2. The van der Waals surface area contributed by atoms with Gasteiger partial charge in [-0.05, 0) is 61.6 Å². The minimum Gasteiger partial charge on any atom is -0.366 e. The molecule has 3 aromatic rings. The Morgan fingerprint density at radius 3 is 1.10 bits per heavy atom. The Balaban J connectivity index is 1.52. The van der Waals surface area contributed by atoms with Crippen molar-refractivity contribution in [2.45, 2.75) is 0 Å². The highest BCUT2D eigenvalue weighted by atomic mass is 16.2. The summed E-state index contributed by atoms with van der Waals surface area (Å²) in [4.78, 5) is 59.4. The second kappa shape index (κ2) is 12.1. The predicted molar refractivity (Wildman–Crippen MR) is 161 cm³/mol. The summed E-state index contributed by atoms with van der Waals surface area (Å²) in [5.74, 6) is -1.45. The monoisotopic (exact) mass is 568 g/mol. The molecule has 4 N–H and O–H groups in total. The van der Waals surface area contributed by atoms with Crippen LogP contribution in [0.3, 0.4) is 0 Å². The Labute approximate surface area is 245 Å². The van der Waals surface area contributed by atoms with Crippen LogP contribution in [0.4, 0.5) is 0 Å². The first-order valence-electron chi connectivity index (χ1n) is 14.1. The lowest BCUT2D eigenvalue weighted by Gasteiger charge is -2.32. The van der Waals surface area contributed by atoms with Crippen LogP contribution < -0.4 is 11.5 Å². The molecule has 4 amide bonds. The van der Waals surface area contributed by atoms with Crippen molar-refractivity contribution in [1.29, 1.82) is 0 Å². The Bertz CT molecular complexity index is 1390. The molecule has 0 atom stereocenters. The zero-order valence-electron chi connectivity index (χ0n) is 24.0. The van der Waals surface area contributed by atoms with Gasteiger partial charge in [-0.2, -0.15) is 0 Å². The molecule has 0 unspecified atom stereocenters. The molecule has 10 heteroatoms. The maximum Gasteiger partial charge on any atom is 0.253 e. The quantitative estimate of drug-likeness (QED) is 0.467. The Morgan fingerprint density at radius 2 is 0.810 bits per heavy atom. The number of carbonyl (C=O) groups excluding carboxylic acids is 4. The van der Waals surface area contributed by atoms with Gasteiger partial charge in [-0.25, -0.2) is 0 Å². The molecule has 218 valence electrons. The van der Waals surface area contributed by atoms with Gasteiger partial charge in [-0.15, -0.1) is 0 Å². The van der Waals surface area contributed by atoms with E-state index >= 15 is 0 Å². The number of likely N-dealkylation sites (N-methyl/N-ethyl adjacent to an activating group) is 2. The van der Waals surface area contributed by atoms with E-state index in [2.05, 4.69) is 9.80 Å². The number of piperazine rings is 2. The molecule has 42 heavy (non-hydrogen) atoms. The predicted octanol–water partition coefficient (Wildman–Crippen LogP) is 1.99. The van der Waals surface area contributed by atoms with Crippen molar-refractivity contribution in [3.05, 3.63) is 82.9 Å². The summed E-state index contributed by atoms with van der Waals surface area (Å²) in [5, 5.41) is 0. The molecule has 3 aromatic carbocycles. The zero-order valence-corrected chi connectivity index (χ0v) is 24.0. The molecule has 5 rings (SSSR count). The highest BCUT2D eigenvalue weighted by Crippen LogP contribution is 2.38. The van der Waals surface area contributed by atoms with Gasteiger partial charge in [0.15, 0.2) is 0 Å². The average Bonchev–Trinajstić information content (AvgIpc) is 3.00. The molecule has 2 heterocycles. The van der Waals surface area contributed by atoms with E-state index in [1.54, 1.807) is 48.5 Å². The van der Waals surface area contributed by atoms with E-state index < -0.39 is 11.8 Å². The second-order valence-corrected chi connectivity index (χ2v) is 11.0. The lowest BCUT2D eigenvalue weighted by atomic mass is 9.86. The highest BCUT2D eigenvalue weighted by molar-refractivity contribution is 6.11. The number of carbonyl (C=O) groups is 4. The topological polar surface area (TPSA) is 133 Å². The summed E-state index contributed by atoms with van der Waals surface area (Å²) in [6.45, 7) is 5.87. The molecule has 2 aliphatic heterocycles. The van der Waals surface area contributed by atoms with Gasteiger partial charge in [-0.3, -0.25) is 19.2 Å². The van der Waals surface area contributed by atoms with Crippen molar-refractivity contribution in [2.75, 3.05) is 66.5 Å². The number of primary amides is 2. The Kier molecular flexibility index (Phi) is 8.37.